The van der Waals surface area contributed by atoms with Gasteiger partial charge >= 0.3 is 0 Å². The first-order chi connectivity index (χ1) is 9.01. The molecule has 0 saturated carbocycles. The summed E-state index contributed by atoms with van der Waals surface area (Å²) in [5.41, 5.74) is 5.01. The molecule has 0 heterocycles. The summed E-state index contributed by atoms with van der Waals surface area (Å²) in [5, 5.41) is 9.85. The largest absolute Gasteiger partial charge is 0.389 e. The molecule has 0 fully saturated rings. The highest BCUT2D eigenvalue weighted by atomic mass is 16.3. The number of amides is 1. The van der Waals surface area contributed by atoms with Gasteiger partial charge in [0.15, 0.2) is 0 Å². The molecule has 1 unspecified atom stereocenters. The van der Waals surface area contributed by atoms with Gasteiger partial charge in [-0.25, -0.2) is 0 Å². The molecule has 4 nitrogen and oxygen atoms in total. The molecule has 120 valence electrons. The van der Waals surface area contributed by atoms with Crippen LogP contribution in [0, 0.1) is 11.3 Å². The van der Waals surface area contributed by atoms with Gasteiger partial charge in [-0.2, -0.15) is 0 Å². The molecule has 0 saturated heterocycles. The molecule has 0 aliphatic carbocycles. The number of likely N-dealkylation sites (N-methyl/N-ethyl adjacent to an activating group) is 1. The molecule has 0 spiro atoms. The molecule has 0 radical (unpaired) electrons. The van der Waals surface area contributed by atoms with Crippen molar-refractivity contribution in [3.63, 3.8) is 0 Å². The predicted molar refractivity (Wildman–Crippen MR) is 84.4 cm³/mol. The molecule has 0 rings (SSSR count). The Morgan fingerprint density at radius 1 is 1.20 bits per heavy atom. The van der Waals surface area contributed by atoms with E-state index in [-0.39, 0.29) is 11.3 Å². The number of rotatable bonds is 8. The SMILES string of the molecule is CCN(CC(C)(C)O)C(=O)CCC(CCN)C(C)(C)C. The highest BCUT2D eigenvalue weighted by Crippen LogP contribution is 2.32. The maximum atomic E-state index is 12.3. The maximum absolute atomic E-state index is 12.3. The molecule has 1 atom stereocenters. The van der Waals surface area contributed by atoms with Gasteiger partial charge in [0.25, 0.3) is 0 Å². The molecule has 0 aliphatic rings. The number of aliphatic hydroxyl groups is 1. The summed E-state index contributed by atoms with van der Waals surface area (Å²) in [6.45, 7) is 13.7. The van der Waals surface area contributed by atoms with Crippen LogP contribution in [0.15, 0.2) is 0 Å². The Bertz CT molecular complexity index is 290. The fourth-order valence-electron chi connectivity index (χ4n) is 2.51. The molecule has 0 bridgehead atoms. The molecule has 1 amide bonds. The van der Waals surface area contributed by atoms with Crippen LogP contribution in [-0.2, 0) is 4.79 Å². The second-order valence-electron chi connectivity index (χ2n) is 7.40. The van der Waals surface area contributed by atoms with Crippen LogP contribution < -0.4 is 5.73 Å². The van der Waals surface area contributed by atoms with Crippen molar-refractivity contribution in [1.29, 1.82) is 0 Å². The molecule has 0 aromatic heterocycles. The molecule has 4 heteroatoms. The third-order valence-electron chi connectivity index (χ3n) is 3.76. The van der Waals surface area contributed by atoms with E-state index in [1.54, 1.807) is 18.7 Å². The lowest BCUT2D eigenvalue weighted by molar-refractivity contribution is -0.134. The Balaban J connectivity index is 4.50. The fourth-order valence-corrected chi connectivity index (χ4v) is 2.51. The van der Waals surface area contributed by atoms with E-state index in [1.807, 2.05) is 6.92 Å². The summed E-state index contributed by atoms with van der Waals surface area (Å²) in [4.78, 5) is 14.0. The zero-order valence-corrected chi connectivity index (χ0v) is 14.2. The van der Waals surface area contributed by atoms with E-state index in [1.165, 1.54) is 0 Å². The molecule has 0 aliphatic heterocycles. The molecule has 3 N–H and O–H groups in total. The van der Waals surface area contributed by atoms with E-state index in [4.69, 9.17) is 5.73 Å². The number of nitrogens with two attached hydrogens (primary N) is 1. The van der Waals surface area contributed by atoms with Crippen LogP contribution >= 0.6 is 0 Å². The minimum atomic E-state index is -0.841. The topological polar surface area (TPSA) is 66.6 Å². The van der Waals surface area contributed by atoms with E-state index in [2.05, 4.69) is 20.8 Å². The van der Waals surface area contributed by atoms with Crippen molar-refractivity contribution in [1.82, 2.24) is 4.90 Å². The van der Waals surface area contributed by atoms with E-state index in [0.29, 0.717) is 32.0 Å². The summed E-state index contributed by atoms with van der Waals surface area (Å²) in [5.74, 6) is 0.582. The molecular formula is C16H34N2O2. The van der Waals surface area contributed by atoms with Gasteiger partial charge in [-0.15, -0.1) is 0 Å². The Kier molecular flexibility index (Phi) is 7.74. The number of nitrogens with zero attached hydrogens (tertiary/aromatic N) is 1. The quantitative estimate of drug-likeness (QED) is 0.720. The standard InChI is InChI=1S/C16H34N2O2/c1-7-18(12-16(5,6)20)14(19)9-8-13(10-11-17)15(2,3)4/h13,20H,7-12,17H2,1-6H3. The zero-order valence-electron chi connectivity index (χ0n) is 14.2. The molecular weight excluding hydrogens is 252 g/mol. The lowest BCUT2D eigenvalue weighted by atomic mass is 9.76. The first kappa shape index (κ1) is 19.4. The lowest BCUT2D eigenvalue weighted by Gasteiger charge is -2.32. The van der Waals surface area contributed by atoms with Gasteiger partial charge in [0.1, 0.15) is 0 Å². The van der Waals surface area contributed by atoms with Crippen molar-refractivity contribution in [2.75, 3.05) is 19.6 Å². The smallest absolute Gasteiger partial charge is 0.222 e. The Morgan fingerprint density at radius 2 is 1.75 bits per heavy atom. The van der Waals surface area contributed by atoms with E-state index in [0.717, 1.165) is 12.8 Å². The lowest BCUT2D eigenvalue weighted by Crippen LogP contribution is -2.42. The molecule has 20 heavy (non-hydrogen) atoms. The third kappa shape index (κ3) is 7.85. The monoisotopic (exact) mass is 286 g/mol. The van der Waals surface area contributed by atoms with Crippen molar-refractivity contribution < 1.29 is 9.90 Å². The second-order valence-corrected chi connectivity index (χ2v) is 7.40. The third-order valence-corrected chi connectivity index (χ3v) is 3.76. The summed E-state index contributed by atoms with van der Waals surface area (Å²) < 4.78 is 0. The number of hydrogen-bond donors (Lipinski definition) is 2. The van der Waals surface area contributed by atoms with Gasteiger partial charge in [0.05, 0.1) is 5.60 Å². The Labute approximate surface area is 124 Å². The highest BCUT2D eigenvalue weighted by molar-refractivity contribution is 5.76. The van der Waals surface area contributed by atoms with Gasteiger partial charge < -0.3 is 15.7 Å². The van der Waals surface area contributed by atoms with Crippen LogP contribution in [0.1, 0.15) is 60.8 Å². The van der Waals surface area contributed by atoms with Gasteiger partial charge in [-0.3, -0.25) is 4.79 Å². The fraction of sp³-hybridized carbons (Fsp3) is 0.938. The number of carbonyl (C=O) groups excluding carboxylic acids is 1. The summed E-state index contributed by atoms with van der Waals surface area (Å²) in [6, 6.07) is 0. The van der Waals surface area contributed by atoms with E-state index in [9.17, 15) is 9.90 Å². The van der Waals surface area contributed by atoms with Crippen LogP contribution in [0.25, 0.3) is 0 Å². The van der Waals surface area contributed by atoms with Crippen molar-refractivity contribution in [3.05, 3.63) is 0 Å². The van der Waals surface area contributed by atoms with Crippen molar-refractivity contribution in [2.24, 2.45) is 17.1 Å². The normalized spacial score (nSPS) is 14.2. The highest BCUT2D eigenvalue weighted by Gasteiger charge is 2.26. The molecule has 0 aromatic carbocycles. The zero-order chi connectivity index (χ0) is 16.0. The first-order valence-corrected chi connectivity index (χ1v) is 7.71. The van der Waals surface area contributed by atoms with Gasteiger partial charge in [-0.05, 0) is 51.5 Å². The predicted octanol–water partition coefficient (Wildman–Crippen LogP) is 2.40. The van der Waals surface area contributed by atoms with E-state index >= 15 is 0 Å². The van der Waals surface area contributed by atoms with Crippen LogP contribution in [0.4, 0.5) is 0 Å². The Morgan fingerprint density at radius 3 is 2.10 bits per heavy atom. The minimum absolute atomic E-state index is 0.126. The van der Waals surface area contributed by atoms with Gasteiger partial charge in [-0.1, -0.05) is 20.8 Å². The van der Waals surface area contributed by atoms with Crippen molar-refractivity contribution in [2.45, 2.75) is 66.4 Å². The first-order valence-electron chi connectivity index (χ1n) is 7.71. The van der Waals surface area contributed by atoms with Crippen molar-refractivity contribution >= 4 is 5.91 Å². The molecule has 0 aromatic rings. The Hall–Kier alpha value is -0.610. The summed E-state index contributed by atoms with van der Waals surface area (Å²) in [7, 11) is 0. The average molecular weight is 286 g/mol. The average Bonchev–Trinajstić information content (AvgIpc) is 2.28. The second kappa shape index (κ2) is 7.99. The van der Waals surface area contributed by atoms with Crippen LogP contribution in [-0.4, -0.2) is 41.1 Å². The number of hydrogen-bond acceptors (Lipinski definition) is 3. The van der Waals surface area contributed by atoms with Crippen LogP contribution in [0.5, 0.6) is 0 Å². The van der Waals surface area contributed by atoms with Crippen LogP contribution in [0.2, 0.25) is 0 Å². The minimum Gasteiger partial charge on any atom is -0.389 e. The van der Waals surface area contributed by atoms with Crippen LogP contribution in [0.3, 0.4) is 0 Å². The van der Waals surface area contributed by atoms with Gasteiger partial charge in [0, 0.05) is 19.5 Å². The van der Waals surface area contributed by atoms with Gasteiger partial charge in [0.2, 0.25) is 5.91 Å². The van der Waals surface area contributed by atoms with E-state index < -0.39 is 5.60 Å². The summed E-state index contributed by atoms with van der Waals surface area (Å²) in [6.07, 6.45) is 2.35. The van der Waals surface area contributed by atoms with Crippen molar-refractivity contribution in [3.8, 4) is 0 Å². The summed E-state index contributed by atoms with van der Waals surface area (Å²) >= 11 is 0. The number of carbonyl (C=O) groups is 1. The maximum Gasteiger partial charge on any atom is 0.222 e.